The zero-order valence-corrected chi connectivity index (χ0v) is 17.0. The quantitative estimate of drug-likeness (QED) is 0.451. The molecule has 28 heavy (non-hydrogen) atoms. The second kappa shape index (κ2) is 7.73. The highest BCUT2D eigenvalue weighted by Crippen LogP contribution is 2.24. The van der Waals surface area contributed by atoms with Crippen LogP contribution in [-0.2, 0) is 0 Å². The van der Waals surface area contributed by atoms with E-state index in [9.17, 15) is 0 Å². The molecule has 0 aliphatic carbocycles. The number of halogens is 2. The van der Waals surface area contributed by atoms with E-state index in [1.807, 2.05) is 72.4 Å². The van der Waals surface area contributed by atoms with Gasteiger partial charge < -0.3 is 9.80 Å². The van der Waals surface area contributed by atoms with E-state index in [2.05, 4.69) is 19.9 Å². The van der Waals surface area contributed by atoms with Crippen molar-refractivity contribution in [3.8, 4) is 0 Å². The average Bonchev–Trinajstić information content (AvgIpc) is 2.71. The van der Waals surface area contributed by atoms with Crippen LogP contribution in [0.1, 0.15) is 0 Å². The zero-order chi connectivity index (χ0) is 19.7. The van der Waals surface area contributed by atoms with Gasteiger partial charge >= 0.3 is 0 Å². The molecular weight excluding hydrogens is 395 g/mol. The molecule has 4 rings (SSSR count). The molecule has 0 unspecified atom stereocenters. The van der Waals surface area contributed by atoms with Crippen LogP contribution in [0.25, 0.3) is 21.8 Å². The van der Waals surface area contributed by atoms with Gasteiger partial charge in [-0.3, -0.25) is 0 Å². The Labute approximate surface area is 172 Å². The van der Waals surface area contributed by atoms with Gasteiger partial charge in [-0.05, 0) is 24.3 Å². The lowest BCUT2D eigenvalue weighted by Crippen LogP contribution is -2.32. The van der Waals surface area contributed by atoms with Crippen molar-refractivity contribution in [1.82, 2.24) is 19.9 Å². The van der Waals surface area contributed by atoms with E-state index in [1.54, 1.807) is 0 Å². The molecule has 0 saturated carbocycles. The lowest BCUT2D eigenvalue weighted by atomic mass is 10.2. The van der Waals surface area contributed by atoms with Crippen LogP contribution in [0.2, 0.25) is 10.3 Å². The minimum Gasteiger partial charge on any atom is -0.342 e. The summed E-state index contributed by atoms with van der Waals surface area (Å²) in [5.74, 6) is 1.16. The Morgan fingerprint density at radius 2 is 1.04 bits per heavy atom. The largest absolute Gasteiger partial charge is 0.342 e. The minimum atomic E-state index is 0.449. The molecule has 0 spiro atoms. The first-order chi connectivity index (χ1) is 13.5. The van der Waals surface area contributed by atoms with Crippen molar-refractivity contribution in [1.29, 1.82) is 0 Å². The first kappa shape index (κ1) is 18.7. The van der Waals surface area contributed by atoms with Crippen LogP contribution in [0.15, 0.2) is 48.5 Å². The molecule has 2 aromatic carbocycles. The van der Waals surface area contributed by atoms with E-state index in [4.69, 9.17) is 23.2 Å². The number of hydrogen-bond acceptors (Lipinski definition) is 6. The smallest absolute Gasteiger partial charge is 0.227 e. The average molecular weight is 413 g/mol. The molecule has 0 N–H and O–H groups in total. The zero-order valence-electron chi connectivity index (χ0n) is 15.5. The maximum absolute atomic E-state index is 6.31. The van der Waals surface area contributed by atoms with Crippen LogP contribution < -0.4 is 9.80 Å². The van der Waals surface area contributed by atoms with Gasteiger partial charge in [-0.15, -0.1) is 0 Å². The first-order valence-corrected chi connectivity index (χ1v) is 9.55. The van der Waals surface area contributed by atoms with Gasteiger partial charge in [-0.1, -0.05) is 47.5 Å². The van der Waals surface area contributed by atoms with E-state index in [0.29, 0.717) is 35.3 Å². The summed E-state index contributed by atoms with van der Waals surface area (Å²) in [6.07, 6.45) is 0. The Morgan fingerprint density at radius 3 is 1.46 bits per heavy atom. The summed E-state index contributed by atoms with van der Waals surface area (Å²) < 4.78 is 0. The van der Waals surface area contributed by atoms with Gasteiger partial charge in [0.2, 0.25) is 11.9 Å². The highest BCUT2D eigenvalue weighted by atomic mass is 35.5. The molecule has 142 valence electrons. The predicted octanol–water partition coefficient (Wildman–Crippen LogP) is 4.45. The van der Waals surface area contributed by atoms with E-state index in [-0.39, 0.29) is 0 Å². The molecule has 0 amide bonds. The maximum Gasteiger partial charge on any atom is 0.227 e. The highest BCUT2D eigenvalue weighted by molar-refractivity contribution is 6.34. The standard InChI is InChI=1S/C20H18Cl2N6/c1-27(19-23-15-9-5-3-7-13(15)17(21)25-19)11-12-28(2)20-24-16-10-6-4-8-14(16)18(22)26-20/h3-10H,11-12H2,1-2H3. The van der Waals surface area contributed by atoms with Crippen molar-refractivity contribution in [3.05, 3.63) is 58.8 Å². The van der Waals surface area contributed by atoms with Crippen molar-refractivity contribution in [2.45, 2.75) is 0 Å². The Kier molecular flexibility index (Phi) is 5.15. The number of fused-ring (bicyclic) bond motifs is 2. The molecule has 0 radical (unpaired) electrons. The normalized spacial score (nSPS) is 11.1. The summed E-state index contributed by atoms with van der Waals surface area (Å²) in [4.78, 5) is 21.9. The van der Waals surface area contributed by atoms with Gasteiger partial charge in [0, 0.05) is 38.0 Å². The highest BCUT2D eigenvalue weighted by Gasteiger charge is 2.13. The number of aromatic nitrogens is 4. The topological polar surface area (TPSA) is 58.0 Å². The second-order valence-corrected chi connectivity index (χ2v) is 7.22. The van der Waals surface area contributed by atoms with Crippen molar-refractivity contribution in [2.75, 3.05) is 37.0 Å². The molecule has 0 atom stereocenters. The van der Waals surface area contributed by atoms with E-state index in [1.165, 1.54) is 0 Å². The lowest BCUT2D eigenvalue weighted by molar-refractivity contribution is 0.794. The number of nitrogens with zero attached hydrogens (tertiary/aromatic N) is 6. The molecule has 2 aromatic heterocycles. The second-order valence-electron chi connectivity index (χ2n) is 6.51. The first-order valence-electron chi connectivity index (χ1n) is 8.80. The van der Waals surface area contributed by atoms with Gasteiger partial charge in [-0.2, -0.15) is 0 Å². The minimum absolute atomic E-state index is 0.449. The Morgan fingerprint density at radius 1 is 0.643 bits per heavy atom. The van der Waals surface area contributed by atoms with Crippen LogP contribution in [0.3, 0.4) is 0 Å². The number of anilines is 2. The lowest BCUT2D eigenvalue weighted by Gasteiger charge is -2.23. The van der Waals surface area contributed by atoms with Gasteiger partial charge in [0.15, 0.2) is 0 Å². The van der Waals surface area contributed by atoms with Crippen molar-refractivity contribution < 1.29 is 0 Å². The predicted molar refractivity (Wildman–Crippen MR) is 116 cm³/mol. The summed E-state index contributed by atoms with van der Waals surface area (Å²) >= 11 is 12.6. The number of rotatable bonds is 5. The van der Waals surface area contributed by atoms with Crippen LogP contribution >= 0.6 is 23.2 Å². The molecule has 6 nitrogen and oxygen atoms in total. The van der Waals surface area contributed by atoms with Gasteiger partial charge in [0.05, 0.1) is 11.0 Å². The van der Waals surface area contributed by atoms with Crippen LogP contribution in [0.4, 0.5) is 11.9 Å². The maximum atomic E-state index is 6.31. The molecule has 4 aromatic rings. The van der Waals surface area contributed by atoms with Gasteiger partial charge in [0.25, 0.3) is 0 Å². The summed E-state index contributed by atoms with van der Waals surface area (Å²) in [5, 5.41) is 2.59. The van der Waals surface area contributed by atoms with Crippen LogP contribution in [0.5, 0.6) is 0 Å². The summed E-state index contributed by atoms with van der Waals surface area (Å²) in [7, 11) is 3.87. The summed E-state index contributed by atoms with van der Waals surface area (Å²) in [5.41, 5.74) is 1.64. The fraction of sp³-hybridized carbons (Fsp3) is 0.200. The number of para-hydroxylation sites is 2. The van der Waals surface area contributed by atoms with E-state index < -0.39 is 0 Å². The Bertz CT molecular complexity index is 1060. The molecule has 8 heteroatoms. The van der Waals surface area contributed by atoms with Gasteiger partial charge in [0.1, 0.15) is 10.3 Å². The Balaban J connectivity index is 1.51. The van der Waals surface area contributed by atoms with Crippen molar-refractivity contribution in [2.24, 2.45) is 0 Å². The molecule has 0 bridgehead atoms. The summed E-state index contributed by atoms with van der Waals surface area (Å²) in [6, 6.07) is 15.4. The third kappa shape index (κ3) is 3.66. The SMILES string of the molecule is CN(CCN(C)c1nc(Cl)c2ccccc2n1)c1nc(Cl)c2ccccc2n1. The molecule has 2 heterocycles. The number of hydrogen-bond donors (Lipinski definition) is 0. The van der Waals surface area contributed by atoms with E-state index >= 15 is 0 Å². The molecule has 0 saturated heterocycles. The van der Waals surface area contributed by atoms with Crippen LogP contribution in [0, 0.1) is 0 Å². The molecule has 0 fully saturated rings. The Hall–Kier alpha value is -2.70. The fourth-order valence-corrected chi connectivity index (χ4v) is 3.36. The molecule has 0 aliphatic heterocycles. The van der Waals surface area contributed by atoms with Crippen molar-refractivity contribution in [3.63, 3.8) is 0 Å². The number of likely N-dealkylation sites (N-methyl/N-ethyl adjacent to an activating group) is 2. The third-order valence-electron chi connectivity index (χ3n) is 4.54. The van der Waals surface area contributed by atoms with E-state index in [0.717, 1.165) is 21.8 Å². The van der Waals surface area contributed by atoms with Crippen molar-refractivity contribution >= 4 is 56.9 Å². The number of benzene rings is 2. The third-order valence-corrected chi connectivity index (χ3v) is 5.12. The fourth-order valence-electron chi connectivity index (χ4n) is 2.89. The molecular formula is C20H18Cl2N6. The van der Waals surface area contributed by atoms with Crippen LogP contribution in [-0.4, -0.2) is 47.1 Å². The molecule has 0 aliphatic rings. The van der Waals surface area contributed by atoms with Gasteiger partial charge in [-0.25, -0.2) is 19.9 Å². The summed E-state index contributed by atoms with van der Waals surface area (Å²) in [6.45, 7) is 1.33. The monoisotopic (exact) mass is 412 g/mol.